The zero-order valence-electron chi connectivity index (χ0n) is 7.45. The summed E-state index contributed by atoms with van der Waals surface area (Å²) in [4.78, 5) is 0. The van der Waals surface area contributed by atoms with Gasteiger partial charge >= 0.3 is 51.4 Å². The molecule has 0 radical (unpaired) electrons. The van der Waals surface area contributed by atoms with Crippen molar-refractivity contribution in [2.75, 3.05) is 13.6 Å². The van der Waals surface area contributed by atoms with E-state index in [4.69, 9.17) is 0 Å². The van der Waals surface area contributed by atoms with Crippen LogP contribution in [0.4, 0.5) is 0 Å². The van der Waals surface area contributed by atoms with Crippen LogP contribution in [0, 0.1) is 6.92 Å². The standard InChI is InChI=1S/C8H18N.K/c1-3-4-5-6-7-8-9-2;/h9H,1,3-8H2,2H3;/q-1;+1. The third kappa shape index (κ3) is 12.3. The normalized spacial score (nSPS) is 9.00. The number of nitrogens with one attached hydrogen (secondary N) is 1. The van der Waals surface area contributed by atoms with Crippen molar-refractivity contribution < 1.29 is 51.4 Å². The molecule has 0 rings (SSSR count). The number of hydrogen-bond donors (Lipinski definition) is 1. The molecule has 0 amide bonds. The Kier molecular flexibility index (Phi) is 18.7. The average Bonchev–Trinajstić information content (AvgIpc) is 1.89. The van der Waals surface area contributed by atoms with Gasteiger partial charge in [-0.1, -0.05) is 19.3 Å². The van der Waals surface area contributed by atoms with E-state index in [1.54, 1.807) is 0 Å². The van der Waals surface area contributed by atoms with Crippen LogP contribution in [0.25, 0.3) is 0 Å². The molecule has 0 bridgehead atoms. The molecule has 0 aliphatic heterocycles. The molecular formula is C8H18KN. The van der Waals surface area contributed by atoms with E-state index in [9.17, 15) is 0 Å². The zero-order chi connectivity index (χ0) is 6.95. The minimum Gasteiger partial charge on any atom is -0.343 e. The van der Waals surface area contributed by atoms with Gasteiger partial charge < -0.3 is 12.2 Å². The first kappa shape index (κ1) is 14.1. The van der Waals surface area contributed by atoms with Gasteiger partial charge in [0.2, 0.25) is 0 Å². The smallest absolute Gasteiger partial charge is 0.343 e. The van der Waals surface area contributed by atoms with Crippen LogP contribution >= 0.6 is 0 Å². The third-order valence-electron chi connectivity index (χ3n) is 1.43. The molecule has 0 aliphatic rings. The van der Waals surface area contributed by atoms with Gasteiger partial charge in [0, 0.05) is 0 Å². The SMILES string of the molecule is [CH2-]CCCCCCNC.[K+]. The summed E-state index contributed by atoms with van der Waals surface area (Å²) < 4.78 is 0. The summed E-state index contributed by atoms with van der Waals surface area (Å²) in [6.07, 6.45) is 6.42. The predicted molar refractivity (Wildman–Crippen MR) is 42.4 cm³/mol. The number of unbranched alkanes of at least 4 members (excludes halogenated alkanes) is 4. The molecule has 1 nitrogen and oxygen atoms in total. The van der Waals surface area contributed by atoms with Gasteiger partial charge in [-0.3, -0.25) is 0 Å². The molecule has 0 atom stereocenters. The second-order valence-electron chi connectivity index (χ2n) is 2.37. The molecule has 0 heterocycles. The molecule has 0 aromatic rings. The zero-order valence-corrected chi connectivity index (χ0v) is 10.6. The molecule has 0 unspecified atom stereocenters. The molecule has 0 saturated carbocycles. The van der Waals surface area contributed by atoms with Crippen molar-refractivity contribution in [1.29, 1.82) is 0 Å². The number of hydrogen-bond acceptors (Lipinski definition) is 1. The van der Waals surface area contributed by atoms with Gasteiger partial charge in [-0.05, 0) is 20.0 Å². The summed E-state index contributed by atoms with van der Waals surface area (Å²) in [6, 6.07) is 0. The first-order valence-electron chi connectivity index (χ1n) is 3.85. The van der Waals surface area contributed by atoms with Crippen molar-refractivity contribution in [3.8, 4) is 0 Å². The molecule has 0 aromatic heterocycles. The first-order valence-corrected chi connectivity index (χ1v) is 3.85. The molecule has 0 saturated heterocycles. The van der Waals surface area contributed by atoms with Gasteiger partial charge in [0.1, 0.15) is 0 Å². The summed E-state index contributed by atoms with van der Waals surface area (Å²) in [7, 11) is 2.00. The summed E-state index contributed by atoms with van der Waals surface area (Å²) in [5, 5.41) is 3.13. The van der Waals surface area contributed by atoms with Gasteiger partial charge in [-0.25, -0.2) is 0 Å². The van der Waals surface area contributed by atoms with Crippen LogP contribution in [0.3, 0.4) is 0 Å². The van der Waals surface area contributed by atoms with Crippen LogP contribution in [0.2, 0.25) is 0 Å². The van der Waals surface area contributed by atoms with Crippen molar-refractivity contribution in [3.63, 3.8) is 0 Å². The van der Waals surface area contributed by atoms with Crippen LogP contribution in [0.15, 0.2) is 0 Å². The van der Waals surface area contributed by atoms with E-state index in [0.717, 1.165) is 13.0 Å². The molecule has 0 fully saturated rings. The average molecular weight is 167 g/mol. The number of rotatable bonds is 6. The maximum absolute atomic E-state index is 3.79. The Balaban J connectivity index is 0. The van der Waals surface area contributed by atoms with E-state index >= 15 is 0 Å². The fourth-order valence-corrected chi connectivity index (χ4v) is 0.832. The Hall–Kier alpha value is 1.60. The van der Waals surface area contributed by atoms with Crippen LogP contribution < -0.4 is 56.7 Å². The summed E-state index contributed by atoms with van der Waals surface area (Å²) >= 11 is 0. The summed E-state index contributed by atoms with van der Waals surface area (Å²) in [6.45, 7) is 4.95. The summed E-state index contributed by atoms with van der Waals surface area (Å²) in [5.41, 5.74) is 0. The maximum Gasteiger partial charge on any atom is 1.00 e. The van der Waals surface area contributed by atoms with E-state index in [2.05, 4.69) is 12.2 Å². The molecule has 1 N–H and O–H groups in total. The van der Waals surface area contributed by atoms with E-state index in [-0.39, 0.29) is 51.4 Å². The van der Waals surface area contributed by atoms with E-state index in [1.807, 2.05) is 7.05 Å². The largest absolute Gasteiger partial charge is 1.00 e. The topological polar surface area (TPSA) is 12.0 Å². The minimum absolute atomic E-state index is 0. The Bertz CT molecular complexity index is 42.5. The Morgan fingerprint density at radius 2 is 1.70 bits per heavy atom. The quantitative estimate of drug-likeness (QED) is 0.304. The Morgan fingerprint density at radius 1 is 1.10 bits per heavy atom. The second kappa shape index (κ2) is 13.2. The van der Waals surface area contributed by atoms with Crippen molar-refractivity contribution in [3.05, 3.63) is 6.92 Å². The molecule has 2 heteroatoms. The van der Waals surface area contributed by atoms with Gasteiger partial charge in [0.05, 0.1) is 0 Å². The van der Waals surface area contributed by atoms with Gasteiger partial charge in [0.15, 0.2) is 0 Å². The predicted octanol–water partition coefficient (Wildman–Crippen LogP) is -1.01. The third-order valence-corrected chi connectivity index (χ3v) is 1.43. The molecule has 0 aromatic carbocycles. The first-order chi connectivity index (χ1) is 4.41. The molecular weight excluding hydrogens is 149 g/mol. The Morgan fingerprint density at radius 3 is 2.20 bits per heavy atom. The van der Waals surface area contributed by atoms with Crippen LogP contribution in [-0.2, 0) is 0 Å². The summed E-state index contributed by atoms with van der Waals surface area (Å²) in [5.74, 6) is 0. The minimum atomic E-state index is 0. The maximum atomic E-state index is 3.79. The van der Waals surface area contributed by atoms with Crippen molar-refractivity contribution in [2.45, 2.75) is 32.1 Å². The Labute approximate surface area is 108 Å². The van der Waals surface area contributed by atoms with Crippen LogP contribution in [0.1, 0.15) is 32.1 Å². The van der Waals surface area contributed by atoms with Crippen molar-refractivity contribution >= 4 is 0 Å². The molecule has 10 heavy (non-hydrogen) atoms. The molecule has 56 valence electrons. The van der Waals surface area contributed by atoms with E-state index in [0.29, 0.717) is 0 Å². The van der Waals surface area contributed by atoms with Gasteiger partial charge in [-0.2, -0.15) is 6.42 Å². The van der Waals surface area contributed by atoms with E-state index in [1.165, 1.54) is 25.7 Å². The fraction of sp³-hybridized carbons (Fsp3) is 0.875. The second-order valence-corrected chi connectivity index (χ2v) is 2.37. The van der Waals surface area contributed by atoms with Gasteiger partial charge in [0.25, 0.3) is 0 Å². The van der Waals surface area contributed by atoms with E-state index < -0.39 is 0 Å². The fourth-order valence-electron chi connectivity index (χ4n) is 0.832. The van der Waals surface area contributed by atoms with Crippen molar-refractivity contribution in [2.24, 2.45) is 0 Å². The molecule has 0 aliphatic carbocycles. The monoisotopic (exact) mass is 167 g/mol. The van der Waals surface area contributed by atoms with Gasteiger partial charge in [-0.15, -0.1) is 0 Å². The van der Waals surface area contributed by atoms with Crippen LogP contribution in [0.5, 0.6) is 0 Å². The van der Waals surface area contributed by atoms with Crippen LogP contribution in [-0.4, -0.2) is 13.6 Å². The molecule has 0 spiro atoms. The van der Waals surface area contributed by atoms with Crippen molar-refractivity contribution in [1.82, 2.24) is 5.32 Å².